The number of nitrogens with one attached hydrogen (secondary N) is 1. The Kier molecular flexibility index (Phi) is 6.22. The van der Waals surface area contributed by atoms with E-state index in [1.807, 2.05) is 12.1 Å². The van der Waals surface area contributed by atoms with Gasteiger partial charge >= 0.3 is 0 Å². The molecule has 7 heteroatoms. The maximum Gasteiger partial charge on any atom is 0.260 e. The summed E-state index contributed by atoms with van der Waals surface area (Å²) in [6.07, 6.45) is 0.0557. The number of hydrogen-bond donors (Lipinski definition) is 1. The average Bonchev–Trinajstić information content (AvgIpc) is 2.58. The van der Waals surface area contributed by atoms with Gasteiger partial charge in [-0.15, -0.1) is 0 Å². The number of para-hydroxylation sites is 2. The molecule has 0 radical (unpaired) electrons. The summed E-state index contributed by atoms with van der Waals surface area (Å²) in [6.45, 7) is 3.21. The van der Waals surface area contributed by atoms with Crippen LogP contribution in [0.1, 0.15) is 6.42 Å². The van der Waals surface area contributed by atoms with Gasteiger partial charge in [0.1, 0.15) is 0 Å². The minimum atomic E-state index is -1.03. The number of carbonyl (C=O) groups excluding carboxylic acids is 2. The van der Waals surface area contributed by atoms with Crippen LogP contribution in [-0.4, -0.2) is 63.2 Å². The lowest BCUT2D eigenvalue weighted by Crippen LogP contribution is -3.15. The van der Waals surface area contributed by atoms with Crippen molar-refractivity contribution in [2.24, 2.45) is 0 Å². The van der Waals surface area contributed by atoms with Gasteiger partial charge in [0.25, 0.3) is 5.91 Å². The molecule has 1 N–H and O–H groups in total. The third-order valence-electron chi connectivity index (χ3n) is 3.93. The Bertz CT molecular complexity index is 541. The largest absolute Gasteiger partial charge is 0.550 e. The van der Waals surface area contributed by atoms with Crippen LogP contribution in [0.4, 0.5) is 0 Å². The van der Waals surface area contributed by atoms with Crippen LogP contribution >= 0.6 is 0 Å². The number of hydrogen-bond acceptors (Lipinski definition) is 5. The molecule has 23 heavy (non-hydrogen) atoms. The van der Waals surface area contributed by atoms with Crippen LogP contribution in [-0.2, 0) is 9.59 Å². The zero-order valence-electron chi connectivity index (χ0n) is 13.2. The predicted molar refractivity (Wildman–Crippen MR) is 80.3 cm³/mol. The Morgan fingerprint density at radius 3 is 2.48 bits per heavy atom. The number of nitrogens with zero attached hydrogens (tertiary/aromatic N) is 1. The first kappa shape index (κ1) is 17.1. The van der Waals surface area contributed by atoms with Gasteiger partial charge in [0.15, 0.2) is 18.1 Å². The number of rotatable bonds is 7. The molecule has 0 spiro atoms. The van der Waals surface area contributed by atoms with Crippen LogP contribution in [0.15, 0.2) is 24.3 Å². The van der Waals surface area contributed by atoms with E-state index in [1.54, 1.807) is 24.1 Å². The quantitative estimate of drug-likeness (QED) is 0.624. The van der Waals surface area contributed by atoms with E-state index in [0.717, 1.165) is 13.1 Å². The maximum atomic E-state index is 12.2. The zero-order chi connectivity index (χ0) is 16.7. The van der Waals surface area contributed by atoms with Gasteiger partial charge in [-0.25, -0.2) is 0 Å². The van der Waals surface area contributed by atoms with Crippen molar-refractivity contribution in [2.45, 2.75) is 6.42 Å². The first-order valence-electron chi connectivity index (χ1n) is 7.67. The second-order valence-electron chi connectivity index (χ2n) is 5.44. The molecule has 0 aliphatic carbocycles. The Hall–Kier alpha value is -2.28. The number of carbonyl (C=O) groups is 2. The van der Waals surface area contributed by atoms with E-state index in [2.05, 4.69) is 0 Å². The molecule has 1 aliphatic heterocycles. The smallest absolute Gasteiger partial charge is 0.260 e. The lowest BCUT2D eigenvalue weighted by Gasteiger charge is -2.32. The van der Waals surface area contributed by atoms with Crippen LogP contribution < -0.4 is 19.5 Å². The van der Waals surface area contributed by atoms with Crippen molar-refractivity contribution in [3.05, 3.63) is 24.3 Å². The van der Waals surface area contributed by atoms with E-state index < -0.39 is 5.97 Å². The van der Waals surface area contributed by atoms with Crippen LogP contribution in [0.2, 0.25) is 0 Å². The Morgan fingerprint density at radius 2 is 1.87 bits per heavy atom. The summed E-state index contributed by atoms with van der Waals surface area (Å²) >= 11 is 0. The normalized spacial score (nSPS) is 15.3. The van der Waals surface area contributed by atoms with E-state index in [1.165, 1.54) is 4.90 Å². The highest BCUT2D eigenvalue weighted by Gasteiger charge is 2.23. The fourth-order valence-electron chi connectivity index (χ4n) is 2.57. The third kappa shape index (κ3) is 5.14. The molecule has 1 amide bonds. The van der Waals surface area contributed by atoms with Gasteiger partial charge in [0.05, 0.1) is 39.8 Å². The minimum Gasteiger partial charge on any atom is -0.550 e. The standard InChI is InChI=1S/C16H22N2O5/c1-22-13-4-2-3-5-14(13)23-12-15(19)18-10-8-17(9-11-18)7-6-16(20)21/h2-5H,6-12H2,1H3,(H,20,21). The van der Waals surface area contributed by atoms with Gasteiger partial charge in [0, 0.05) is 12.4 Å². The summed E-state index contributed by atoms with van der Waals surface area (Å²) in [4.78, 5) is 25.6. The van der Waals surface area contributed by atoms with Gasteiger partial charge < -0.3 is 29.2 Å². The van der Waals surface area contributed by atoms with Crippen LogP contribution in [0, 0.1) is 0 Å². The SMILES string of the molecule is COc1ccccc1OCC(=O)N1CC[NH+](CCC(=O)[O-])CC1. The van der Waals surface area contributed by atoms with Crippen LogP contribution in [0.25, 0.3) is 0 Å². The lowest BCUT2D eigenvalue weighted by atomic mass is 10.3. The average molecular weight is 322 g/mol. The third-order valence-corrected chi connectivity index (χ3v) is 3.93. The Morgan fingerprint density at radius 1 is 1.22 bits per heavy atom. The first-order chi connectivity index (χ1) is 11.1. The van der Waals surface area contributed by atoms with Crippen molar-refractivity contribution in [3.8, 4) is 11.5 Å². The molecule has 0 bridgehead atoms. The summed E-state index contributed by atoms with van der Waals surface area (Å²) in [5, 5.41) is 10.5. The summed E-state index contributed by atoms with van der Waals surface area (Å²) in [5.74, 6) is 0.0366. The van der Waals surface area contributed by atoms with Crippen molar-refractivity contribution in [1.29, 1.82) is 0 Å². The fourth-order valence-corrected chi connectivity index (χ4v) is 2.57. The fraction of sp³-hybridized carbons (Fsp3) is 0.500. The monoisotopic (exact) mass is 322 g/mol. The van der Waals surface area contributed by atoms with Crippen LogP contribution in [0.3, 0.4) is 0 Å². The number of carboxylic acids is 1. The molecule has 0 atom stereocenters. The summed E-state index contributed by atoms with van der Waals surface area (Å²) < 4.78 is 10.7. The predicted octanol–water partition coefficient (Wildman–Crippen LogP) is -2.06. The number of ether oxygens (including phenoxy) is 2. The molecule has 1 heterocycles. The summed E-state index contributed by atoms with van der Waals surface area (Å²) in [7, 11) is 1.55. The van der Waals surface area contributed by atoms with E-state index in [9.17, 15) is 14.7 Å². The molecule has 1 aromatic carbocycles. The van der Waals surface area contributed by atoms with E-state index in [4.69, 9.17) is 9.47 Å². The number of methoxy groups -OCH3 is 1. The number of quaternary nitrogens is 1. The molecule has 1 saturated heterocycles. The number of piperazine rings is 1. The van der Waals surface area contributed by atoms with Crippen molar-refractivity contribution in [3.63, 3.8) is 0 Å². The molecular weight excluding hydrogens is 300 g/mol. The Balaban J connectivity index is 1.76. The molecule has 126 valence electrons. The summed E-state index contributed by atoms with van der Waals surface area (Å²) in [6, 6.07) is 7.19. The number of carboxylic acid groups (broad SMARTS) is 1. The number of aliphatic carboxylic acids is 1. The van der Waals surface area contributed by atoms with E-state index in [-0.39, 0.29) is 18.9 Å². The van der Waals surface area contributed by atoms with Gasteiger partial charge in [-0.3, -0.25) is 4.79 Å². The second kappa shape index (κ2) is 8.38. The molecule has 0 saturated carbocycles. The first-order valence-corrected chi connectivity index (χ1v) is 7.67. The topological polar surface area (TPSA) is 83.3 Å². The molecule has 0 unspecified atom stereocenters. The number of benzene rings is 1. The highest BCUT2D eigenvalue weighted by Crippen LogP contribution is 2.25. The molecule has 7 nitrogen and oxygen atoms in total. The Labute approximate surface area is 135 Å². The van der Waals surface area contributed by atoms with Gasteiger partial charge in [-0.1, -0.05) is 12.1 Å². The maximum absolute atomic E-state index is 12.2. The zero-order valence-corrected chi connectivity index (χ0v) is 13.2. The number of amides is 1. The minimum absolute atomic E-state index is 0.0330. The van der Waals surface area contributed by atoms with Gasteiger partial charge in [-0.05, 0) is 12.1 Å². The van der Waals surface area contributed by atoms with Gasteiger partial charge in [0.2, 0.25) is 0 Å². The highest BCUT2D eigenvalue weighted by molar-refractivity contribution is 5.78. The molecule has 0 aromatic heterocycles. The molecule has 1 aromatic rings. The van der Waals surface area contributed by atoms with Crippen molar-refractivity contribution in [2.75, 3.05) is 46.4 Å². The molecule has 1 aliphatic rings. The molecule has 1 fully saturated rings. The van der Waals surface area contributed by atoms with Crippen molar-refractivity contribution < 1.29 is 29.1 Å². The molecular formula is C16H22N2O5. The van der Waals surface area contributed by atoms with Crippen molar-refractivity contribution >= 4 is 11.9 Å². The lowest BCUT2D eigenvalue weighted by molar-refractivity contribution is -0.903. The van der Waals surface area contributed by atoms with E-state index >= 15 is 0 Å². The van der Waals surface area contributed by atoms with E-state index in [0.29, 0.717) is 31.1 Å². The van der Waals surface area contributed by atoms with Crippen LogP contribution in [0.5, 0.6) is 11.5 Å². The van der Waals surface area contributed by atoms with Crippen molar-refractivity contribution in [1.82, 2.24) is 4.90 Å². The highest BCUT2D eigenvalue weighted by atomic mass is 16.5. The summed E-state index contributed by atoms with van der Waals surface area (Å²) in [5.41, 5.74) is 0. The molecule has 2 rings (SSSR count). The van der Waals surface area contributed by atoms with Gasteiger partial charge in [-0.2, -0.15) is 0 Å². The second-order valence-corrected chi connectivity index (χ2v) is 5.44.